The Bertz CT molecular complexity index is 467. The van der Waals surface area contributed by atoms with Gasteiger partial charge in [-0.2, -0.15) is 5.10 Å². The topological polar surface area (TPSA) is 52.0 Å². The first-order chi connectivity index (χ1) is 7.78. The molecular weight excluding hydrogens is 204 g/mol. The molecule has 84 valence electrons. The van der Waals surface area contributed by atoms with Crippen molar-refractivity contribution in [3.8, 4) is 11.5 Å². The van der Waals surface area contributed by atoms with Crippen molar-refractivity contribution in [2.75, 3.05) is 7.05 Å². The number of nitrogens with one attached hydrogen (secondary N) is 1. The molecule has 0 aliphatic rings. The summed E-state index contributed by atoms with van der Waals surface area (Å²) in [6.45, 7) is 0.775. The van der Waals surface area contributed by atoms with E-state index in [9.17, 15) is 0 Å². The van der Waals surface area contributed by atoms with Crippen LogP contribution < -0.4 is 10.1 Å². The van der Waals surface area contributed by atoms with Crippen LogP contribution in [0, 0.1) is 0 Å². The summed E-state index contributed by atoms with van der Waals surface area (Å²) in [4.78, 5) is 4.11. The second-order valence-electron chi connectivity index (χ2n) is 3.51. The number of ether oxygens (including phenoxy) is 1. The maximum absolute atomic E-state index is 5.61. The molecule has 0 radical (unpaired) electrons. The molecule has 2 aromatic rings. The van der Waals surface area contributed by atoms with Gasteiger partial charge in [-0.15, -0.1) is 0 Å². The Labute approximate surface area is 94.1 Å². The summed E-state index contributed by atoms with van der Waals surface area (Å²) in [6.07, 6.45) is 6.98. The Morgan fingerprint density at radius 1 is 1.31 bits per heavy atom. The molecule has 16 heavy (non-hydrogen) atoms. The van der Waals surface area contributed by atoms with Crippen LogP contribution in [0.15, 0.2) is 30.9 Å². The molecule has 2 rings (SSSR count). The number of hydrogen-bond donors (Lipinski definition) is 1. The molecule has 0 saturated heterocycles. The smallest absolute Gasteiger partial charge is 0.165 e. The molecule has 0 unspecified atom stereocenters. The zero-order chi connectivity index (χ0) is 11.4. The van der Waals surface area contributed by atoms with Gasteiger partial charge in [0, 0.05) is 19.8 Å². The Hall–Kier alpha value is -1.88. The monoisotopic (exact) mass is 218 g/mol. The number of aryl methyl sites for hydroxylation is 1. The van der Waals surface area contributed by atoms with Gasteiger partial charge in [-0.1, -0.05) is 0 Å². The molecule has 0 bridgehead atoms. The van der Waals surface area contributed by atoms with Gasteiger partial charge in [-0.3, -0.25) is 9.67 Å². The molecule has 0 amide bonds. The van der Waals surface area contributed by atoms with Crippen molar-refractivity contribution in [3.05, 3.63) is 36.4 Å². The molecular formula is C11H14N4O. The Kier molecular flexibility index (Phi) is 3.16. The van der Waals surface area contributed by atoms with E-state index in [4.69, 9.17) is 4.74 Å². The van der Waals surface area contributed by atoms with Crippen LogP contribution in [0.1, 0.15) is 5.56 Å². The van der Waals surface area contributed by atoms with E-state index in [0.29, 0.717) is 5.75 Å². The van der Waals surface area contributed by atoms with E-state index >= 15 is 0 Å². The van der Waals surface area contributed by atoms with Crippen LogP contribution in [0.5, 0.6) is 11.5 Å². The minimum absolute atomic E-state index is 0.714. The highest BCUT2D eigenvalue weighted by atomic mass is 16.5. The third-order valence-corrected chi connectivity index (χ3v) is 2.07. The Balaban J connectivity index is 2.12. The molecule has 1 N–H and O–H groups in total. The first-order valence-corrected chi connectivity index (χ1v) is 5.03. The van der Waals surface area contributed by atoms with E-state index in [-0.39, 0.29) is 0 Å². The van der Waals surface area contributed by atoms with Gasteiger partial charge in [0.25, 0.3) is 0 Å². The highest BCUT2D eigenvalue weighted by Gasteiger charge is 2.01. The van der Waals surface area contributed by atoms with Crippen LogP contribution in [-0.2, 0) is 13.6 Å². The summed E-state index contributed by atoms with van der Waals surface area (Å²) >= 11 is 0. The van der Waals surface area contributed by atoms with Crippen molar-refractivity contribution in [1.82, 2.24) is 20.1 Å². The molecule has 2 heterocycles. The van der Waals surface area contributed by atoms with Crippen molar-refractivity contribution in [1.29, 1.82) is 0 Å². The maximum atomic E-state index is 5.61. The van der Waals surface area contributed by atoms with Crippen LogP contribution in [0.3, 0.4) is 0 Å². The van der Waals surface area contributed by atoms with Gasteiger partial charge in [0.1, 0.15) is 5.75 Å². The van der Waals surface area contributed by atoms with Crippen molar-refractivity contribution >= 4 is 0 Å². The van der Waals surface area contributed by atoms with Gasteiger partial charge in [0.15, 0.2) is 5.75 Å². The maximum Gasteiger partial charge on any atom is 0.165 e. The largest absolute Gasteiger partial charge is 0.452 e. The highest BCUT2D eigenvalue weighted by molar-refractivity contribution is 5.28. The van der Waals surface area contributed by atoms with E-state index in [1.807, 2.05) is 32.6 Å². The molecule has 0 saturated carbocycles. The molecule has 0 spiro atoms. The fourth-order valence-electron chi connectivity index (χ4n) is 1.41. The first kappa shape index (κ1) is 10.6. The van der Waals surface area contributed by atoms with Crippen LogP contribution in [0.4, 0.5) is 0 Å². The Morgan fingerprint density at radius 3 is 2.88 bits per heavy atom. The fraction of sp³-hybridized carbons (Fsp3) is 0.273. The van der Waals surface area contributed by atoms with Crippen molar-refractivity contribution in [2.24, 2.45) is 7.05 Å². The zero-order valence-corrected chi connectivity index (χ0v) is 9.34. The molecule has 0 atom stereocenters. The molecule has 0 aromatic carbocycles. The average molecular weight is 218 g/mol. The second kappa shape index (κ2) is 4.76. The van der Waals surface area contributed by atoms with Crippen molar-refractivity contribution in [3.63, 3.8) is 0 Å². The van der Waals surface area contributed by atoms with Gasteiger partial charge in [0.2, 0.25) is 0 Å². The van der Waals surface area contributed by atoms with E-state index < -0.39 is 0 Å². The molecule has 0 aliphatic carbocycles. The van der Waals surface area contributed by atoms with Crippen LogP contribution in [0.25, 0.3) is 0 Å². The number of rotatable bonds is 4. The number of aromatic nitrogens is 3. The van der Waals surface area contributed by atoms with E-state index in [2.05, 4.69) is 15.4 Å². The number of pyridine rings is 1. The normalized spacial score (nSPS) is 10.4. The Morgan fingerprint density at radius 2 is 2.19 bits per heavy atom. The lowest BCUT2D eigenvalue weighted by Crippen LogP contribution is -2.05. The summed E-state index contributed by atoms with van der Waals surface area (Å²) < 4.78 is 7.31. The van der Waals surface area contributed by atoms with Gasteiger partial charge in [-0.05, 0) is 18.7 Å². The van der Waals surface area contributed by atoms with Gasteiger partial charge >= 0.3 is 0 Å². The van der Waals surface area contributed by atoms with Crippen molar-refractivity contribution in [2.45, 2.75) is 6.54 Å². The predicted octanol–water partition coefficient (Wildman–Crippen LogP) is 1.33. The first-order valence-electron chi connectivity index (χ1n) is 5.03. The SMILES string of the molecule is CNCc1cncc(Oc2cnn(C)c2)c1. The number of nitrogens with zero attached hydrogens (tertiary/aromatic N) is 3. The molecule has 2 aromatic heterocycles. The third kappa shape index (κ3) is 2.58. The van der Waals surface area contributed by atoms with Gasteiger partial charge < -0.3 is 10.1 Å². The fourth-order valence-corrected chi connectivity index (χ4v) is 1.41. The summed E-state index contributed by atoms with van der Waals surface area (Å²) in [5.74, 6) is 1.44. The lowest BCUT2D eigenvalue weighted by atomic mass is 10.3. The standard InChI is InChI=1S/C11H14N4O/c1-12-4-9-3-10(6-13-5-9)16-11-7-14-15(2)8-11/h3,5-8,12H,4H2,1-2H3. The minimum atomic E-state index is 0.714. The zero-order valence-electron chi connectivity index (χ0n) is 9.34. The highest BCUT2D eigenvalue weighted by Crippen LogP contribution is 2.20. The van der Waals surface area contributed by atoms with Crippen LogP contribution in [0.2, 0.25) is 0 Å². The quantitative estimate of drug-likeness (QED) is 0.841. The van der Waals surface area contributed by atoms with Crippen LogP contribution in [-0.4, -0.2) is 21.8 Å². The van der Waals surface area contributed by atoms with E-state index in [1.54, 1.807) is 17.1 Å². The van der Waals surface area contributed by atoms with Crippen molar-refractivity contribution < 1.29 is 4.74 Å². The molecule has 5 nitrogen and oxygen atoms in total. The molecule has 5 heteroatoms. The van der Waals surface area contributed by atoms with Gasteiger partial charge in [0.05, 0.1) is 18.6 Å². The summed E-state index contributed by atoms with van der Waals surface area (Å²) in [6, 6.07) is 1.95. The second-order valence-corrected chi connectivity index (χ2v) is 3.51. The molecule has 0 aliphatic heterocycles. The van der Waals surface area contributed by atoms with E-state index in [0.717, 1.165) is 17.9 Å². The number of hydrogen-bond acceptors (Lipinski definition) is 4. The van der Waals surface area contributed by atoms with Gasteiger partial charge in [-0.25, -0.2) is 0 Å². The lowest BCUT2D eigenvalue weighted by Gasteiger charge is -2.04. The van der Waals surface area contributed by atoms with Crippen LogP contribution >= 0.6 is 0 Å². The summed E-state index contributed by atoms with van der Waals surface area (Å²) in [5.41, 5.74) is 1.09. The lowest BCUT2D eigenvalue weighted by molar-refractivity contribution is 0.478. The minimum Gasteiger partial charge on any atom is -0.452 e. The predicted molar refractivity (Wildman–Crippen MR) is 60.3 cm³/mol. The molecule has 0 fully saturated rings. The summed E-state index contributed by atoms with van der Waals surface area (Å²) in [7, 11) is 3.75. The summed E-state index contributed by atoms with van der Waals surface area (Å²) in [5, 5.41) is 7.10. The third-order valence-electron chi connectivity index (χ3n) is 2.07. The average Bonchev–Trinajstić information content (AvgIpc) is 2.65. The van der Waals surface area contributed by atoms with E-state index in [1.165, 1.54) is 0 Å².